The fraction of sp³-hybridized carbons (Fsp3) is 1.00. The third-order valence-electron chi connectivity index (χ3n) is 0.938. The van der Waals surface area contributed by atoms with Gasteiger partial charge in [0.15, 0.2) is 0 Å². The van der Waals surface area contributed by atoms with Gasteiger partial charge in [0.2, 0.25) is 0 Å². The molecule has 1 nitrogen and oxygen atoms in total. The Bertz CT molecular complexity index is 78.8. The summed E-state index contributed by atoms with van der Waals surface area (Å²) in [5, 5.41) is 8.47. The van der Waals surface area contributed by atoms with Crippen LogP contribution in [0.25, 0.3) is 0 Å². The maximum atomic E-state index is 11.3. The molecular formula is C5H9F3O. The van der Waals surface area contributed by atoms with Crippen molar-refractivity contribution in [1.82, 2.24) is 0 Å². The maximum absolute atomic E-state index is 11.3. The van der Waals surface area contributed by atoms with E-state index in [9.17, 15) is 13.2 Å². The van der Waals surface area contributed by atoms with Gasteiger partial charge in [0.05, 0.1) is 12.5 Å². The Labute approximate surface area is 51.5 Å². The van der Waals surface area contributed by atoms with E-state index in [1.54, 1.807) is 0 Å². The first kappa shape index (κ1) is 8.75. The molecule has 0 bridgehead atoms. The maximum Gasteiger partial charge on any atom is 0.391 e. The second kappa shape index (κ2) is 3.06. The van der Waals surface area contributed by atoms with Crippen molar-refractivity contribution in [2.45, 2.75) is 32.0 Å². The highest BCUT2D eigenvalue weighted by molar-refractivity contribution is 4.58. The van der Waals surface area contributed by atoms with Crippen molar-refractivity contribution < 1.29 is 18.3 Å². The number of aliphatic hydroxyl groups excluding tert-OH is 1. The highest BCUT2D eigenvalue weighted by Gasteiger charge is 2.29. The molecule has 0 aliphatic rings. The van der Waals surface area contributed by atoms with Crippen molar-refractivity contribution in [3.8, 4) is 0 Å². The fourth-order valence-electron chi connectivity index (χ4n) is 0.412. The zero-order valence-electron chi connectivity index (χ0n) is 5.07. The summed E-state index contributed by atoms with van der Waals surface area (Å²) in [7, 11) is 0. The highest BCUT2D eigenvalue weighted by atomic mass is 19.4. The molecule has 0 aromatic carbocycles. The van der Waals surface area contributed by atoms with Gasteiger partial charge in [-0.25, -0.2) is 0 Å². The Morgan fingerprint density at radius 2 is 1.89 bits per heavy atom. The molecule has 0 spiro atoms. The lowest BCUT2D eigenvalue weighted by molar-refractivity contribution is -0.153. The van der Waals surface area contributed by atoms with Gasteiger partial charge < -0.3 is 5.11 Å². The van der Waals surface area contributed by atoms with E-state index in [-0.39, 0.29) is 6.42 Å². The quantitative estimate of drug-likeness (QED) is 0.622. The molecule has 1 atom stereocenters. The van der Waals surface area contributed by atoms with Crippen LogP contribution in [-0.4, -0.2) is 17.4 Å². The monoisotopic (exact) mass is 142 g/mol. The Kier molecular flexibility index (Phi) is 2.97. The molecule has 0 saturated heterocycles. The molecule has 0 rings (SSSR count). The number of hydrogen-bond donors (Lipinski definition) is 1. The lowest BCUT2D eigenvalue weighted by atomic mass is 10.2. The first-order valence-corrected chi connectivity index (χ1v) is 2.70. The standard InChI is InChI=1S/C5H9F3O/c1-2-4(9)3-5(6,7)8/h4,9H,2-3H2,1H3. The topological polar surface area (TPSA) is 20.2 Å². The summed E-state index contributed by atoms with van der Waals surface area (Å²) in [6, 6.07) is 0. The van der Waals surface area contributed by atoms with Gasteiger partial charge in [0.1, 0.15) is 0 Å². The van der Waals surface area contributed by atoms with Gasteiger partial charge in [-0.05, 0) is 6.42 Å². The molecule has 9 heavy (non-hydrogen) atoms. The molecule has 0 fully saturated rings. The number of halogens is 3. The van der Waals surface area contributed by atoms with Crippen LogP contribution in [0, 0.1) is 0 Å². The van der Waals surface area contributed by atoms with Crippen molar-refractivity contribution in [3.63, 3.8) is 0 Å². The summed E-state index contributed by atoms with van der Waals surface area (Å²) in [6.45, 7) is 1.51. The summed E-state index contributed by atoms with van der Waals surface area (Å²) in [4.78, 5) is 0. The smallest absolute Gasteiger partial charge is 0.391 e. The van der Waals surface area contributed by atoms with Gasteiger partial charge in [-0.3, -0.25) is 0 Å². The first-order chi connectivity index (χ1) is 3.95. The summed E-state index contributed by atoms with van der Waals surface area (Å²) in [5.74, 6) is 0. The molecule has 0 aliphatic carbocycles. The van der Waals surface area contributed by atoms with E-state index in [1.165, 1.54) is 6.92 Å². The first-order valence-electron chi connectivity index (χ1n) is 2.70. The molecule has 0 saturated carbocycles. The lowest BCUT2D eigenvalue weighted by Crippen LogP contribution is -2.18. The van der Waals surface area contributed by atoms with E-state index in [0.717, 1.165) is 0 Å². The van der Waals surface area contributed by atoms with E-state index in [1.807, 2.05) is 0 Å². The van der Waals surface area contributed by atoms with Crippen LogP contribution in [0.15, 0.2) is 0 Å². The minimum absolute atomic E-state index is 0.152. The van der Waals surface area contributed by atoms with E-state index in [2.05, 4.69) is 0 Å². The SMILES string of the molecule is CCC(O)CC(F)(F)F. The number of alkyl halides is 3. The van der Waals surface area contributed by atoms with Gasteiger partial charge in [-0.1, -0.05) is 6.92 Å². The van der Waals surface area contributed by atoms with Crippen LogP contribution in [0.5, 0.6) is 0 Å². The largest absolute Gasteiger partial charge is 0.393 e. The van der Waals surface area contributed by atoms with Crippen LogP contribution in [-0.2, 0) is 0 Å². The Morgan fingerprint density at radius 3 is 2.00 bits per heavy atom. The van der Waals surface area contributed by atoms with Crippen LogP contribution in [0.3, 0.4) is 0 Å². The Balaban J connectivity index is 3.47. The lowest BCUT2D eigenvalue weighted by Gasteiger charge is -2.09. The van der Waals surface area contributed by atoms with Crippen LogP contribution < -0.4 is 0 Å². The highest BCUT2D eigenvalue weighted by Crippen LogP contribution is 2.22. The molecule has 0 amide bonds. The molecule has 0 aromatic rings. The van der Waals surface area contributed by atoms with Crippen molar-refractivity contribution in [1.29, 1.82) is 0 Å². The van der Waals surface area contributed by atoms with Gasteiger partial charge in [0, 0.05) is 0 Å². The van der Waals surface area contributed by atoms with Crippen molar-refractivity contribution in [2.75, 3.05) is 0 Å². The normalized spacial score (nSPS) is 15.7. The van der Waals surface area contributed by atoms with Crippen molar-refractivity contribution in [2.24, 2.45) is 0 Å². The molecule has 1 N–H and O–H groups in total. The van der Waals surface area contributed by atoms with Gasteiger partial charge in [-0.2, -0.15) is 13.2 Å². The minimum Gasteiger partial charge on any atom is -0.393 e. The van der Waals surface area contributed by atoms with E-state index in [4.69, 9.17) is 5.11 Å². The van der Waals surface area contributed by atoms with Gasteiger partial charge >= 0.3 is 6.18 Å². The zero-order valence-corrected chi connectivity index (χ0v) is 5.07. The second-order valence-corrected chi connectivity index (χ2v) is 1.88. The van der Waals surface area contributed by atoms with E-state index >= 15 is 0 Å². The zero-order chi connectivity index (χ0) is 7.49. The van der Waals surface area contributed by atoms with Crippen molar-refractivity contribution >= 4 is 0 Å². The predicted molar refractivity (Wildman–Crippen MR) is 27.0 cm³/mol. The predicted octanol–water partition coefficient (Wildman–Crippen LogP) is 1.71. The number of aliphatic hydroxyl groups is 1. The second-order valence-electron chi connectivity index (χ2n) is 1.88. The Morgan fingerprint density at radius 1 is 1.44 bits per heavy atom. The number of rotatable bonds is 2. The Hall–Kier alpha value is -0.250. The third kappa shape index (κ3) is 5.62. The molecule has 0 aliphatic heterocycles. The number of hydrogen-bond acceptors (Lipinski definition) is 1. The molecule has 1 unspecified atom stereocenters. The van der Waals surface area contributed by atoms with Crippen LogP contribution in [0.4, 0.5) is 13.2 Å². The third-order valence-corrected chi connectivity index (χ3v) is 0.938. The van der Waals surface area contributed by atoms with Crippen LogP contribution in [0.1, 0.15) is 19.8 Å². The molecule has 0 radical (unpaired) electrons. The average molecular weight is 142 g/mol. The molecule has 4 heteroatoms. The van der Waals surface area contributed by atoms with Gasteiger partial charge in [-0.15, -0.1) is 0 Å². The van der Waals surface area contributed by atoms with Crippen LogP contribution >= 0.6 is 0 Å². The van der Waals surface area contributed by atoms with Gasteiger partial charge in [0.25, 0.3) is 0 Å². The summed E-state index contributed by atoms with van der Waals surface area (Å²) in [5.41, 5.74) is 0. The summed E-state index contributed by atoms with van der Waals surface area (Å²) in [6.07, 6.45) is -6.40. The van der Waals surface area contributed by atoms with Crippen LogP contribution in [0.2, 0.25) is 0 Å². The minimum atomic E-state index is -4.23. The average Bonchev–Trinajstić information content (AvgIpc) is 1.62. The summed E-state index contributed by atoms with van der Waals surface area (Å²) < 4.78 is 34.0. The molecule has 0 aromatic heterocycles. The fourth-order valence-corrected chi connectivity index (χ4v) is 0.412. The molecule has 56 valence electrons. The summed E-state index contributed by atoms with van der Waals surface area (Å²) >= 11 is 0. The molecule has 0 heterocycles. The molecular weight excluding hydrogens is 133 g/mol. The van der Waals surface area contributed by atoms with E-state index in [0.29, 0.717) is 0 Å². The van der Waals surface area contributed by atoms with E-state index < -0.39 is 18.7 Å². The van der Waals surface area contributed by atoms with Crippen molar-refractivity contribution in [3.05, 3.63) is 0 Å².